The van der Waals surface area contributed by atoms with Gasteiger partial charge in [-0.3, -0.25) is 4.79 Å². The predicted molar refractivity (Wildman–Crippen MR) is 52.9 cm³/mol. The fourth-order valence-electron chi connectivity index (χ4n) is 1.20. The van der Waals surface area contributed by atoms with E-state index in [0.29, 0.717) is 18.7 Å². The van der Waals surface area contributed by atoms with Crippen molar-refractivity contribution in [3.63, 3.8) is 0 Å². The molecule has 0 spiro atoms. The van der Waals surface area contributed by atoms with Gasteiger partial charge in [0.1, 0.15) is 5.69 Å². The van der Waals surface area contributed by atoms with Gasteiger partial charge in [0.25, 0.3) is 0 Å². The van der Waals surface area contributed by atoms with Gasteiger partial charge in [0.05, 0.1) is 12.2 Å². The third-order valence-electron chi connectivity index (χ3n) is 2.08. The Morgan fingerprint density at radius 2 is 2.36 bits per heavy atom. The number of carbonyl (C=O) groups excluding carboxylic acids is 1. The standard InChI is InChI=1S/C9H16N4O/c1-3-5-13-8(6-11-12-13)9(14)7(10)4-2/h6-7H,3-5,10H2,1-2H3. The number of Topliss-reactive ketones (excluding diaryl/α,β-unsaturated/α-hetero) is 1. The van der Waals surface area contributed by atoms with Gasteiger partial charge in [0.15, 0.2) is 5.78 Å². The molecule has 1 heterocycles. The van der Waals surface area contributed by atoms with Gasteiger partial charge in [-0.1, -0.05) is 19.1 Å². The van der Waals surface area contributed by atoms with Crippen LogP contribution >= 0.6 is 0 Å². The van der Waals surface area contributed by atoms with Crippen LogP contribution in [0.2, 0.25) is 0 Å². The van der Waals surface area contributed by atoms with E-state index in [1.165, 1.54) is 6.20 Å². The lowest BCUT2D eigenvalue weighted by molar-refractivity contribution is 0.0948. The number of nitrogens with zero attached hydrogens (tertiary/aromatic N) is 3. The molecule has 1 aromatic heterocycles. The molecule has 0 aromatic carbocycles. The molecule has 78 valence electrons. The molecule has 0 saturated heterocycles. The van der Waals surface area contributed by atoms with E-state index in [2.05, 4.69) is 10.3 Å². The quantitative estimate of drug-likeness (QED) is 0.700. The van der Waals surface area contributed by atoms with Crippen LogP contribution in [0.4, 0.5) is 0 Å². The molecule has 5 nitrogen and oxygen atoms in total. The first-order chi connectivity index (χ1) is 6.70. The van der Waals surface area contributed by atoms with Crippen LogP contribution in [0.3, 0.4) is 0 Å². The van der Waals surface area contributed by atoms with Gasteiger partial charge in [0, 0.05) is 6.54 Å². The second-order valence-electron chi connectivity index (χ2n) is 3.22. The van der Waals surface area contributed by atoms with Crippen molar-refractivity contribution < 1.29 is 4.79 Å². The molecule has 5 heteroatoms. The highest BCUT2D eigenvalue weighted by atomic mass is 16.1. The van der Waals surface area contributed by atoms with Crippen molar-refractivity contribution in [2.24, 2.45) is 5.73 Å². The number of nitrogens with two attached hydrogens (primary N) is 1. The lowest BCUT2D eigenvalue weighted by Crippen LogP contribution is -2.31. The van der Waals surface area contributed by atoms with Crippen LogP contribution in [0.15, 0.2) is 6.20 Å². The Labute approximate surface area is 83.3 Å². The highest BCUT2D eigenvalue weighted by Crippen LogP contribution is 2.03. The van der Waals surface area contributed by atoms with E-state index in [1.807, 2.05) is 13.8 Å². The summed E-state index contributed by atoms with van der Waals surface area (Å²) < 4.78 is 1.61. The molecule has 0 bridgehead atoms. The smallest absolute Gasteiger partial charge is 0.199 e. The molecule has 1 aromatic rings. The molecule has 0 saturated carbocycles. The maximum absolute atomic E-state index is 11.7. The van der Waals surface area contributed by atoms with E-state index in [4.69, 9.17) is 5.73 Å². The lowest BCUT2D eigenvalue weighted by atomic mass is 10.1. The average molecular weight is 196 g/mol. The van der Waals surface area contributed by atoms with Crippen LogP contribution in [-0.4, -0.2) is 26.8 Å². The minimum atomic E-state index is -0.441. The number of hydrogen-bond acceptors (Lipinski definition) is 4. The SMILES string of the molecule is CCCn1nncc1C(=O)C(N)CC. The zero-order valence-corrected chi connectivity index (χ0v) is 8.60. The third kappa shape index (κ3) is 2.17. The first-order valence-electron chi connectivity index (χ1n) is 4.89. The van der Waals surface area contributed by atoms with Gasteiger partial charge < -0.3 is 5.73 Å². The molecule has 2 N–H and O–H groups in total. The Morgan fingerprint density at radius 1 is 1.64 bits per heavy atom. The van der Waals surface area contributed by atoms with Crippen molar-refractivity contribution in [1.82, 2.24) is 15.0 Å². The van der Waals surface area contributed by atoms with E-state index >= 15 is 0 Å². The molecular formula is C9H16N4O. The summed E-state index contributed by atoms with van der Waals surface area (Å²) in [7, 11) is 0. The first-order valence-corrected chi connectivity index (χ1v) is 4.89. The molecule has 14 heavy (non-hydrogen) atoms. The van der Waals surface area contributed by atoms with Gasteiger partial charge >= 0.3 is 0 Å². The highest BCUT2D eigenvalue weighted by Gasteiger charge is 2.18. The van der Waals surface area contributed by atoms with Crippen LogP contribution < -0.4 is 5.73 Å². The summed E-state index contributed by atoms with van der Waals surface area (Å²) in [5.74, 6) is -0.0778. The molecule has 0 aliphatic carbocycles. The number of aryl methyl sites for hydroxylation is 1. The van der Waals surface area contributed by atoms with Crippen LogP contribution in [-0.2, 0) is 6.54 Å². The van der Waals surface area contributed by atoms with Crippen molar-refractivity contribution in [2.75, 3.05) is 0 Å². The normalized spacial score (nSPS) is 12.8. The zero-order valence-electron chi connectivity index (χ0n) is 8.60. The van der Waals surface area contributed by atoms with E-state index in [0.717, 1.165) is 6.42 Å². The number of carbonyl (C=O) groups is 1. The summed E-state index contributed by atoms with van der Waals surface area (Å²) in [5, 5.41) is 7.55. The lowest BCUT2D eigenvalue weighted by Gasteiger charge is -2.08. The van der Waals surface area contributed by atoms with Gasteiger partial charge in [-0.15, -0.1) is 5.10 Å². The topological polar surface area (TPSA) is 73.8 Å². The van der Waals surface area contributed by atoms with Gasteiger partial charge in [0.2, 0.25) is 0 Å². The van der Waals surface area contributed by atoms with Crippen LogP contribution in [0, 0.1) is 0 Å². The van der Waals surface area contributed by atoms with Gasteiger partial charge in [-0.25, -0.2) is 4.68 Å². The summed E-state index contributed by atoms with van der Waals surface area (Å²) >= 11 is 0. The second-order valence-corrected chi connectivity index (χ2v) is 3.22. The fraction of sp³-hybridized carbons (Fsp3) is 0.667. The summed E-state index contributed by atoms with van der Waals surface area (Å²) in [6.45, 7) is 4.61. The van der Waals surface area contributed by atoms with Crippen molar-refractivity contribution in [1.29, 1.82) is 0 Å². The Bertz CT molecular complexity index is 308. The van der Waals surface area contributed by atoms with E-state index in [9.17, 15) is 4.79 Å². The predicted octanol–water partition coefficient (Wildman–Crippen LogP) is 0.608. The summed E-state index contributed by atoms with van der Waals surface area (Å²) in [5.41, 5.74) is 6.17. The molecule has 0 fully saturated rings. The summed E-state index contributed by atoms with van der Waals surface area (Å²) in [6.07, 6.45) is 3.04. The molecule has 0 radical (unpaired) electrons. The molecule has 0 amide bonds. The minimum Gasteiger partial charge on any atom is -0.321 e. The average Bonchev–Trinajstić information content (AvgIpc) is 2.64. The van der Waals surface area contributed by atoms with E-state index in [1.54, 1.807) is 4.68 Å². The summed E-state index contributed by atoms with van der Waals surface area (Å²) in [4.78, 5) is 11.7. The number of aromatic nitrogens is 3. The van der Waals surface area contributed by atoms with Gasteiger partial charge in [-0.2, -0.15) is 0 Å². The number of rotatable bonds is 5. The number of ketones is 1. The molecule has 1 atom stereocenters. The van der Waals surface area contributed by atoms with Crippen molar-refractivity contribution in [2.45, 2.75) is 39.3 Å². The summed E-state index contributed by atoms with van der Waals surface area (Å²) in [6, 6.07) is -0.441. The molecule has 0 aliphatic heterocycles. The van der Waals surface area contributed by atoms with Crippen molar-refractivity contribution >= 4 is 5.78 Å². The van der Waals surface area contributed by atoms with Crippen LogP contribution in [0.5, 0.6) is 0 Å². The Hall–Kier alpha value is -1.23. The largest absolute Gasteiger partial charge is 0.321 e. The zero-order chi connectivity index (χ0) is 10.6. The molecule has 1 unspecified atom stereocenters. The first kappa shape index (κ1) is 10.8. The maximum Gasteiger partial charge on any atom is 0.199 e. The van der Waals surface area contributed by atoms with Gasteiger partial charge in [-0.05, 0) is 12.8 Å². The van der Waals surface area contributed by atoms with E-state index < -0.39 is 6.04 Å². The molecule has 1 rings (SSSR count). The van der Waals surface area contributed by atoms with Crippen LogP contribution in [0.1, 0.15) is 37.2 Å². The molecular weight excluding hydrogens is 180 g/mol. The Balaban J connectivity index is 2.83. The minimum absolute atomic E-state index is 0.0778. The number of hydrogen-bond donors (Lipinski definition) is 1. The third-order valence-corrected chi connectivity index (χ3v) is 2.08. The monoisotopic (exact) mass is 196 g/mol. The van der Waals surface area contributed by atoms with Crippen molar-refractivity contribution in [3.05, 3.63) is 11.9 Å². The van der Waals surface area contributed by atoms with E-state index in [-0.39, 0.29) is 5.78 Å². The second kappa shape index (κ2) is 4.85. The van der Waals surface area contributed by atoms with Crippen LogP contribution in [0.25, 0.3) is 0 Å². The van der Waals surface area contributed by atoms with Crippen molar-refractivity contribution in [3.8, 4) is 0 Å². The highest BCUT2D eigenvalue weighted by molar-refractivity contribution is 5.98. The molecule has 0 aliphatic rings. The Kier molecular flexibility index (Phi) is 3.76. The maximum atomic E-state index is 11.7. The Morgan fingerprint density at radius 3 is 2.93 bits per heavy atom. The fourth-order valence-corrected chi connectivity index (χ4v) is 1.20.